The summed E-state index contributed by atoms with van der Waals surface area (Å²) in [5.74, 6) is -10.9. The molecule has 18 heavy (non-hydrogen) atoms. The predicted octanol–water partition coefficient (Wildman–Crippen LogP) is 4.81. The Hall–Kier alpha value is -1.20. The van der Waals surface area contributed by atoms with Gasteiger partial charge in [0.1, 0.15) is 11.6 Å². The Morgan fingerprint density at radius 3 is 1.39 bits per heavy atom. The molecule has 0 aliphatic heterocycles. The fourth-order valence-corrected chi connectivity index (χ4v) is 1.83. The smallest absolute Gasteiger partial charge is 0.206 e. The molecule has 0 saturated heterocycles. The third-order valence-electron chi connectivity index (χ3n) is 2.80. The first-order valence-corrected chi connectivity index (χ1v) is 5.13. The van der Waals surface area contributed by atoms with E-state index in [9.17, 15) is 26.3 Å². The lowest BCUT2D eigenvalue weighted by Gasteiger charge is -2.22. The zero-order valence-electron chi connectivity index (χ0n) is 10.3. The molecule has 0 spiro atoms. The summed E-state index contributed by atoms with van der Waals surface area (Å²) in [6.45, 7) is 2.79. The summed E-state index contributed by atoms with van der Waals surface area (Å²) in [5.41, 5.74) is -3.55. The Kier molecular flexibility index (Phi) is 3.44. The van der Waals surface area contributed by atoms with Crippen molar-refractivity contribution in [3.63, 3.8) is 0 Å². The molecule has 0 aliphatic carbocycles. The average molecular weight is 270 g/mol. The molecule has 0 bridgehead atoms. The molecule has 0 N–H and O–H groups in total. The minimum atomic E-state index is -3.87. The summed E-state index contributed by atoms with van der Waals surface area (Å²) in [6, 6.07) is 0. The van der Waals surface area contributed by atoms with E-state index in [-0.39, 0.29) is 12.5 Å². The summed E-state index contributed by atoms with van der Waals surface area (Å²) in [6.07, 6.45) is 0. The van der Waals surface area contributed by atoms with E-state index >= 15 is 0 Å². The van der Waals surface area contributed by atoms with Crippen molar-refractivity contribution in [2.75, 3.05) is 0 Å². The van der Waals surface area contributed by atoms with Crippen molar-refractivity contribution in [3.05, 3.63) is 33.9 Å². The third kappa shape index (κ3) is 2.33. The van der Waals surface area contributed by atoms with E-state index in [1.54, 1.807) is 0 Å². The van der Waals surface area contributed by atoms with Crippen molar-refractivity contribution in [1.29, 1.82) is 0 Å². The molecule has 0 fully saturated rings. The fraction of sp³-hybridized carbons (Fsp3) is 0.500. The first kappa shape index (κ1) is 14.9. The number of halogens is 6. The van der Waals surface area contributed by atoms with Crippen LogP contribution in [0.5, 0.6) is 0 Å². The number of rotatable bonds is 2. The highest BCUT2D eigenvalue weighted by Gasteiger charge is 2.40. The van der Waals surface area contributed by atoms with Crippen LogP contribution >= 0.6 is 0 Å². The van der Waals surface area contributed by atoms with E-state index in [1.165, 1.54) is 0 Å². The quantitative estimate of drug-likeness (QED) is 0.677. The van der Waals surface area contributed by atoms with Crippen LogP contribution in [0.3, 0.4) is 0 Å². The Balaban J connectivity index is 3.83. The van der Waals surface area contributed by atoms with Gasteiger partial charge < -0.3 is 0 Å². The number of hydrogen-bond acceptors (Lipinski definition) is 0. The van der Waals surface area contributed by atoms with Gasteiger partial charge in [-0.2, -0.15) is 0 Å². The van der Waals surface area contributed by atoms with Gasteiger partial charge in [0.2, 0.25) is 0 Å². The monoisotopic (exact) mass is 270 g/mol. The molecule has 0 saturated carbocycles. The summed E-state index contributed by atoms with van der Waals surface area (Å²) in [4.78, 5) is 0. The maximum Gasteiger partial charge on any atom is 0.276 e. The van der Waals surface area contributed by atoms with Crippen LogP contribution in [0, 0.1) is 25.5 Å². The molecule has 1 aromatic carbocycles. The first-order chi connectivity index (χ1) is 7.89. The van der Waals surface area contributed by atoms with Gasteiger partial charge in [-0.15, -0.1) is 0 Å². The second-order valence-electron chi connectivity index (χ2n) is 4.40. The van der Waals surface area contributed by atoms with Crippen molar-refractivity contribution in [2.24, 2.45) is 0 Å². The highest BCUT2D eigenvalue weighted by atomic mass is 19.3. The lowest BCUT2D eigenvalue weighted by molar-refractivity contribution is 0.000141. The number of alkyl halides is 4. The van der Waals surface area contributed by atoms with Gasteiger partial charge in [-0.05, 0) is 25.0 Å². The van der Waals surface area contributed by atoms with Crippen molar-refractivity contribution in [2.45, 2.75) is 39.5 Å². The zero-order chi connectivity index (χ0) is 14.5. The molecule has 102 valence electrons. The molecule has 0 aromatic heterocycles. The van der Waals surface area contributed by atoms with E-state index in [0.717, 1.165) is 13.8 Å². The fourth-order valence-electron chi connectivity index (χ4n) is 1.83. The summed E-state index contributed by atoms with van der Waals surface area (Å²) >= 11 is 0. The first-order valence-electron chi connectivity index (χ1n) is 5.13. The molecule has 0 radical (unpaired) electrons. The Morgan fingerprint density at radius 2 is 1.06 bits per heavy atom. The molecular formula is C12H12F6. The van der Waals surface area contributed by atoms with E-state index in [2.05, 4.69) is 0 Å². The van der Waals surface area contributed by atoms with Gasteiger partial charge in [-0.25, -0.2) is 26.3 Å². The van der Waals surface area contributed by atoms with Gasteiger partial charge in [0.05, 0.1) is 11.1 Å². The van der Waals surface area contributed by atoms with Crippen LogP contribution in [0.1, 0.15) is 36.1 Å². The van der Waals surface area contributed by atoms with Crippen molar-refractivity contribution in [3.8, 4) is 0 Å². The van der Waals surface area contributed by atoms with E-state index in [1.807, 2.05) is 0 Å². The van der Waals surface area contributed by atoms with E-state index in [0.29, 0.717) is 6.92 Å². The molecule has 0 nitrogen and oxygen atoms in total. The summed E-state index contributed by atoms with van der Waals surface area (Å²) < 4.78 is 80.1. The molecule has 0 atom stereocenters. The Labute approximate surface area is 101 Å². The Morgan fingerprint density at radius 1 is 0.667 bits per heavy atom. The van der Waals surface area contributed by atoms with Crippen LogP contribution in [-0.4, -0.2) is 0 Å². The normalized spacial score (nSPS) is 13.0. The van der Waals surface area contributed by atoms with Gasteiger partial charge >= 0.3 is 0 Å². The van der Waals surface area contributed by atoms with Gasteiger partial charge in [-0.1, -0.05) is 0 Å². The zero-order valence-corrected chi connectivity index (χ0v) is 10.3. The van der Waals surface area contributed by atoms with Crippen LogP contribution in [0.25, 0.3) is 0 Å². The van der Waals surface area contributed by atoms with Gasteiger partial charge in [0, 0.05) is 13.8 Å². The molecule has 0 amide bonds. The minimum Gasteiger partial charge on any atom is -0.206 e. The highest BCUT2D eigenvalue weighted by molar-refractivity contribution is 5.44. The van der Waals surface area contributed by atoms with Crippen molar-refractivity contribution in [1.82, 2.24) is 0 Å². The molecule has 1 rings (SSSR count). The second-order valence-corrected chi connectivity index (χ2v) is 4.40. The topological polar surface area (TPSA) is 0 Å². The van der Waals surface area contributed by atoms with Crippen LogP contribution in [0.15, 0.2) is 0 Å². The maximum atomic E-state index is 13.8. The highest BCUT2D eigenvalue weighted by Crippen LogP contribution is 2.41. The van der Waals surface area contributed by atoms with E-state index in [4.69, 9.17) is 0 Å². The van der Waals surface area contributed by atoms with Gasteiger partial charge in [0.25, 0.3) is 11.8 Å². The lowest BCUT2D eigenvalue weighted by Crippen LogP contribution is -2.22. The standard InChI is InChI=1S/C12H12F6/c1-5-6(2)9(13)8(12(4,17)18)10(14)7(5)11(3,15)16/h1-4H3. The van der Waals surface area contributed by atoms with Gasteiger partial charge in [-0.3, -0.25) is 0 Å². The molecule has 0 unspecified atom stereocenters. The van der Waals surface area contributed by atoms with E-state index < -0.39 is 40.2 Å². The largest absolute Gasteiger partial charge is 0.276 e. The molecule has 1 aromatic rings. The van der Waals surface area contributed by atoms with Crippen LogP contribution < -0.4 is 0 Å². The second kappa shape index (κ2) is 4.17. The maximum absolute atomic E-state index is 13.8. The molecule has 0 aliphatic rings. The summed E-state index contributed by atoms with van der Waals surface area (Å²) in [7, 11) is 0. The predicted molar refractivity (Wildman–Crippen MR) is 55.0 cm³/mol. The molecule has 0 heterocycles. The SMILES string of the molecule is Cc1c(C)c(C(C)(F)F)c(F)c(C(C)(F)F)c1F. The molecule has 6 heteroatoms. The average Bonchev–Trinajstić information content (AvgIpc) is 2.09. The van der Waals surface area contributed by atoms with Crippen LogP contribution in [0.4, 0.5) is 26.3 Å². The third-order valence-corrected chi connectivity index (χ3v) is 2.80. The molecular weight excluding hydrogens is 258 g/mol. The van der Waals surface area contributed by atoms with Crippen LogP contribution in [-0.2, 0) is 11.8 Å². The van der Waals surface area contributed by atoms with Crippen molar-refractivity contribution >= 4 is 0 Å². The lowest BCUT2D eigenvalue weighted by atomic mass is 9.92. The number of hydrogen-bond donors (Lipinski definition) is 0. The minimum absolute atomic E-state index is 0.265. The van der Waals surface area contributed by atoms with Crippen molar-refractivity contribution < 1.29 is 26.3 Å². The number of benzene rings is 1. The van der Waals surface area contributed by atoms with Gasteiger partial charge in [0.15, 0.2) is 0 Å². The summed E-state index contributed by atoms with van der Waals surface area (Å²) in [5, 5.41) is 0. The van der Waals surface area contributed by atoms with Crippen LogP contribution in [0.2, 0.25) is 0 Å². The Bertz CT molecular complexity index is 438.